The minimum absolute atomic E-state index is 0.281. The molecule has 0 spiro atoms. The van der Waals surface area contributed by atoms with Gasteiger partial charge >= 0.3 is 8.69 Å². The van der Waals surface area contributed by atoms with Crippen LogP contribution in [0, 0.1) is 0 Å². The van der Waals surface area contributed by atoms with Gasteiger partial charge in [0, 0.05) is 6.54 Å². The van der Waals surface area contributed by atoms with Gasteiger partial charge in [0.15, 0.2) is 0 Å². The molecule has 0 fully saturated rings. The Hall–Kier alpha value is -0.760. The second-order valence-electron chi connectivity index (χ2n) is 2.26. The molecule has 0 radical (unpaired) electrons. The van der Waals surface area contributed by atoms with Gasteiger partial charge in [0.2, 0.25) is 0 Å². The van der Waals surface area contributed by atoms with Crippen molar-refractivity contribution < 1.29 is 9.09 Å². The normalized spacial score (nSPS) is 10.3. The molecule has 0 atom stereocenters. The second kappa shape index (κ2) is 5.84. The first-order chi connectivity index (χ1) is 5.93. The summed E-state index contributed by atoms with van der Waals surface area (Å²) in [5, 5.41) is 2.97. The van der Waals surface area contributed by atoms with E-state index in [1.165, 1.54) is 5.56 Å². The minimum Gasteiger partial charge on any atom is -0.290 e. The summed E-state index contributed by atoms with van der Waals surface area (Å²) in [6, 6.07) is 9.95. The first-order valence-corrected chi connectivity index (χ1v) is 4.36. The number of rotatable bonds is 5. The van der Waals surface area contributed by atoms with E-state index in [4.69, 9.17) is 0 Å². The molecule has 0 saturated heterocycles. The highest BCUT2D eigenvalue weighted by Crippen LogP contribution is 1.97. The Morgan fingerprint density at radius 3 is 2.75 bits per heavy atom. The zero-order valence-electron chi connectivity index (χ0n) is 6.56. The lowest BCUT2D eigenvalue weighted by Crippen LogP contribution is -2.14. The summed E-state index contributed by atoms with van der Waals surface area (Å²) >= 11 is 0. The van der Waals surface area contributed by atoms with Crippen molar-refractivity contribution >= 4 is 8.69 Å². The molecule has 1 rings (SSSR count). The van der Waals surface area contributed by atoms with Crippen LogP contribution in [0.3, 0.4) is 0 Å². The van der Waals surface area contributed by atoms with Crippen molar-refractivity contribution in [2.24, 2.45) is 0 Å². The molecule has 0 heterocycles. The van der Waals surface area contributed by atoms with Crippen LogP contribution < -0.4 is 5.32 Å². The molecule has 0 unspecified atom stereocenters. The first-order valence-electron chi connectivity index (χ1n) is 3.63. The van der Waals surface area contributed by atoms with Gasteiger partial charge in [0.1, 0.15) is 6.73 Å². The predicted octanol–water partition coefficient (Wildman–Crippen LogP) is 1.96. The fraction of sp³-hybridized carbons (Fsp3) is 0.250. The van der Waals surface area contributed by atoms with Gasteiger partial charge in [-0.25, -0.2) is 4.57 Å². The zero-order valence-corrected chi connectivity index (χ0v) is 7.46. The molecular formula is C8H10NO2P. The highest BCUT2D eigenvalue weighted by atomic mass is 31.1. The van der Waals surface area contributed by atoms with E-state index < -0.39 is 0 Å². The maximum absolute atomic E-state index is 9.85. The van der Waals surface area contributed by atoms with Gasteiger partial charge in [-0.05, 0) is 5.56 Å². The lowest BCUT2D eigenvalue weighted by atomic mass is 10.2. The average Bonchev–Trinajstić information content (AvgIpc) is 2.14. The van der Waals surface area contributed by atoms with Gasteiger partial charge in [-0.2, -0.15) is 0 Å². The van der Waals surface area contributed by atoms with Crippen LogP contribution in [0.15, 0.2) is 30.3 Å². The Kier molecular flexibility index (Phi) is 4.54. The van der Waals surface area contributed by atoms with Crippen molar-refractivity contribution in [2.45, 2.75) is 6.54 Å². The van der Waals surface area contributed by atoms with Crippen LogP contribution in [0.2, 0.25) is 0 Å². The molecule has 0 aliphatic rings. The van der Waals surface area contributed by atoms with Gasteiger partial charge < -0.3 is 0 Å². The van der Waals surface area contributed by atoms with Gasteiger partial charge in [-0.15, -0.1) is 0 Å². The second-order valence-corrected chi connectivity index (χ2v) is 2.67. The Morgan fingerprint density at radius 1 is 1.33 bits per heavy atom. The van der Waals surface area contributed by atoms with Crippen molar-refractivity contribution in [2.75, 3.05) is 6.73 Å². The van der Waals surface area contributed by atoms with Crippen LogP contribution in [-0.2, 0) is 15.6 Å². The van der Waals surface area contributed by atoms with Crippen LogP contribution in [-0.4, -0.2) is 6.73 Å². The van der Waals surface area contributed by atoms with Crippen molar-refractivity contribution in [1.82, 2.24) is 5.32 Å². The fourth-order valence-corrected chi connectivity index (χ4v) is 1.01. The Balaban J connectivity index is 2.20. The minimum atomic E-state index is -0.281. The van der Waals surface area contributed by atoms with Gasteiger partial charge in [0.25, 0.3) is 0 Å². The molecule has 0 aliphatic carbocycles. The number of hydrogen-bond acceptors (Lipinski definition) is 3. The SMILES string of the molecule is O=POCNCc1ccccc1. The summed E-state index contributed by atoms with van der Waals surface area (Å²) in [6.45, 7) is 1.04. The van der Waals surface area contributed by atoms with Crippen LogP contribution in [0.25, 0.3) is 0 Å². The molecule has 0 aliphatic heterocycles. The Morgan fingerprint density at radius 2 is 2.08 bits per heavy atom. The first kappa shape index (κ1) is 9.33. The van der Waals surface area contributed by atoms with Crippen LogP contribution >= 0.6 is 8.69 Å². The fourth-order valence-electron chi connectivity index (χ4n) is 0.863. The molecule has 12 heavy (non-hydrogen) atoms. The third kappa shape index (κ3) is 3.58. The monoisotopic (exact) mass is 183 g/mol. The standard InChI is InChI=1S/C8H10NO2P/c10-12-11-7-9-6-8-4-2-1-3-5-8/h1-5,9H,6-7H2. The van der Waals surface area contributed by atoms with Crippen molar-refractivity contribution in [3.63, 3.8) is 0 Å². The molecule has 1 aromatic rings. The third-order valence-electron chi connectivity index (χ3n) is 1.39. The van der Waals surface area contributed by atoms with E-state index in [1.54, 1.807) is 0 Å². The van der Waals surface area contributed by atoms with Crippen LogP contribution in [0.4, 0.5) is 0 Å². The van der Waals surface area contributed by atoms with Crippen molar-refractivity contribution in [1.29, 1.82) is 0 Å². The van der Waals surface area contributed by atoms with E-state index in [1.807, 2.05) is 30.3 Å². The van der Waals surface area contributed by atoms with E-state index >= 15 is 0 Å². The summed E-state index contributed by atoms with van der Waals surface area (Å²) in [5.41, 5.74) is 1.18. The topological polar surface area (TPSA) is 38.3 Å². The van der Waals surface area contributed by atoms with Crippen LogP contribution in [0.1, 0.15) is 5.56 Å². The maximum atomic E-state index is 9.85. The predicted molar refractivity (Wildman–Crippen MR) is 46.8 cm³/mol. The molecule has 0 saturated carbocycles. The number of hydrogen-bond donors (Lipinski definition) is 1. The molecular weight excluding hydrogens is 173 g/mol. The molecule has 3 nitrogen and oxygen atoms in total. The summed E-state index contributed by atoms with van der Waals surface area (Å²) < 4.78 is 14.4. The maximum Gasteiger partial charge on any atom is 0.328 e. The van der Waals surface area contributed by atoms with E-state index in [-0.39, 0.29) is 8.69 Å². The zero-order chi connectivity index (χ0) is 8.65. The number of nitrogens with one attached hydrogen (secondary N) is 1. The summed E-state index contributed by atoms with van der Waals surface area (Å²) in [6.07, 6.45) is 0. The molecule has 0 amide bonds. The summed E-state index contributed by atoms with van der Waals surface area (Å²) in [4.78, 5) is 0. The van der Waals surface area contributed by atoms with Gasteiger partial charge in [0.05, 0.1) is 0 Å². The molecule has 0 aromatic heterocycles. The summed E-state index contributed by atoms with van der Waals surface area (Å²) in [5.74, 6) is 0. The summed E-state index contributed by atoms with van der Waals surface area (Å²) in [7, 11) is -0.281. The molecule has 0 bridgehead atoms. The quantitative estimate of drug-likeness (QED) is 0.430. The largest absolute Gasteiger partial charge is 0.328 e. The molecule has 1 N–H and O–H groups in total. The Bertz CT molecular complexity index is 228. The lowest BCUT2D eigenvalue weighted by molar-refractivity contribution is 0.305. The lowest BCUT2D eigenvalue weighted by Gasteiger charge is -2.00. The molecule has 4 heteroatoms. The van der Waals surface area contributed by atoms with E-state index in [9.17, 15) is 4.57 Å². The van der Waals surface area contributed by atoms with Crippen LogP contribution in [0.5, 0.6) is 0 Å². The van der Waals surface area contributed by atoms with Crippen molar-refractivity contribution in [3.8, 4) is 0 Å². The van der Waals surface area contributed by atoms with Gasteiger partial charge in [-0.1, -0.05) is 30.3 Å². The number of benzene rings is 1. The van der Waals surface area contributed by atoms with Gasteiger partial charge in [-0.3, -0.25) is 9.84 Å². The highest BCUT2D eigenvalue weighted by molar-refractivity contribution is 7.17. The molecule has 64 valence electrons. The van der Waals surface area contributed by atoms with E-state index in [0.29, 0.717) is 6.73 Å². The molecule has 1 aromatic carbocycles. The van der Waals surface area contributed by atoms with E-state index in [2.05, 4.69) is 9.84 Å². The third-order valence-corrected chi connectivity index (χ3v) is 1.63. The van der Waals surface area contributed by atoms with E-state index in [0.717, 1.165) is 6.54 Å². The average molecular weight is 183 g/mol. The van der Waals surface area contributed by atoms with Crippen molar-refractivity contribution in [3.05, 3.63) is 35.9 Å². The Labute approximate surface area is 73.0 Å². The smallest absolute Gasteiger partial charge is 0.290 e. The highest BCUT2D eigenvalue weighted by Gasteiger charge is 1.89.